The van der Waals surface area contributed by atoms with Crippen molar-refractivity contribution in [3.8, 4) is 0 Å². The smallest absolute Gasteiger partial charge is 0.410 e. The second-order valence-electron chi connectivity index (χ2n) is 14.8. The Morgan fingerprint density at radius 2 is 1.83 bits per heavy atom. The van der Waals surface area contributed by atoms with Crippen molar-refractivity contribution in [3.05, 3.63) is 47.3 Å². The second-order valence-corrected chi connectivity index (χ2v) is 14.8. The van der Waals surface area contributed by atoms with Crippen LogP contribution in [0.15, 0.2) is 30.4 Å². The summed E-state index contributed by atoms with van der Waals surface area (Å²) in [4.78, 5) is 70.7. The van der Waals surface area contributed by atoms with Crippen molar-refractivity contribution in [3.63, 3.8) is 0 Å². The van der Waals surface area contributed by atoms with E-state index in [1.54, 1.807) is 32.9 Å². The summed E-state index contributed by atoms with van der Waals surface area (Å²) in [6.07, 6.45) is 7.44. The second kappa shape index (κ2) is 13.4. The van der Waals surface area contributed by atoms with Crippen LogP contribution in [0.2, 0.25) is 0 Å². The maximum absolute atomic E-state index is 14.4. The van der Waals surface area contributed by atoms with Crippen molar-refractivity contribution in [1.82, 2.24) is 25.8 Å². The number of fused-ring (bicyclic) bond motifs is 3. The average molecular weight is 668 g/mol. The van der Waals surface area contributed by atoms with Crippen LogP contribution in [0.3, 0.4) is 0 Å². The molecule has 260 valence electrons. The van der Waals surface area contributed by atoms with E-state index in [1.165, 1.54) is 15.9 Å². The molecule has 13 heteroatoms. The molecule has 1 aromatic carbocycles. The van der Waals surface area contributed by atoms with Gasteiger partial charge in [-0.05, 0) is 70.9 Å². The Bertz CT molecular complexity index is 1490. The van der Waals surface area contributed by atoms with Gasteiger partial charge in [0.2, 0.25) is 17.7 Å². The molecule has 6 rings (SSSR count). The lowest BCUT2D eigenvalue weighted by Crippen LogP contribution is -2.58. The van der Waals surface area contributed by atoms with Crippen LogP contribution >= 0.6 is 0 Å². The van der Waals surface area contributed by atoms with E-state index in [9.17, 15) is 28.4 Å². The minimum Gasteiger partial charge on any atom is -0.444 e. The fourth-order valence-corrected chi connectivity index (χ4v) is 6.88. The van der Waals surface area contributed by atoms with Crippen molar-refractivity contribution in [2.75, 3.05) is 6.54 Å². The molecular weight excluding hydrogens is 621 g/mol. The molecule has 1 aromatic rings. The highest BCUT2D eigenvalue weighted by Gasteiger charge is 2.61. The molecule has 0 bridgehead atoms. The first kappa shape index (κ1) is 33.7. The molecule has 48 heavy (non-hydrogen) atoms. The van der Waals surface area contributed by atoms with Gasteiger partial charge in [0.05, 0.1) is 13.1 Å². The number of benzene rings is 1. The number of hydrogen-bond donors (Lipinski definition) is 3. The molecule has 3 fully saturated rings. The third-order valence-electron chi connectivity index (χ3n) is 9.70. The summed E-state index contributed by atoms with van der Waals surface area (Å²) in [6, 6.07) is 2.75. The Morgan fingerprint density at radius 3 is 2.56 bits per heavy atom. The molecule has 2 aliphatic carbocycles. The highest BCUT2D eigenvalue weighted by atomic mass is 19.1. The Kier molecular flexibility index (Phi) is 9.41. The molecule has 2 saturated carbocycles. The lowest BCUT2D eigenvalue weighted by atomic mass is 10.0. The van der Waals surface area contributed by atoms with Crippen molar-refractivity contribution in [2.45, 2.75) is 127 Å². The number of amides is 5. The van der Waals surface area contributed by atoms with Crippen LogP contribution in [0, 0.1) is 11.7 Å². The fourth-order valence-electron chi connectivity index (χ4n) is 6.88. The van der Waals surface area contributed by atoms with Crippen LogP contribution in [0.1, 0.15) is 89.7 Å². The van der Waals surface area contributed by atoms with E-state index in [0.29, 0.717) is 30.4 Å². The topological polar surface area (TPSA) is 146 Å². The minimum absolute atomic E-state index is 0.00154. The Labute approximate surface area is 280 Å². The molecule has 0 radical (unpaired) electrons. The highest BCUT2D eigenvalue weighted by Crippen LogP contribution is 2.46. The number of alkyl carbamates (subject to hydrolysis) is 1. The number of nitrogens with zero attached hydrogens (tertiary/aromatic N) is 2. The molecule has 5 aliphatic rings. The predicted molar refractivity (Wildman–Crippen MR) is 172 cm³/mol. The Morgan fingerprint density at radius 1 is 1.04 bits per heavy atom. The van der Waals surface area contributed by atoms with Crippen LogP contribution in [0.4, 0.5) is 14.0 Å². The van der Waals surface area contributed by atoms with Crippen molar-refractivity contribution < 1.29 is 37.8 Å². The molecule has 3 aliphatic heterocycles. The molecule has 0 unspecified atom stereocenters. The summed E-state index contributed by atoms with van der Waals surface area (Å²) in [5.74, 6) is -1.82. The third-order valence-corrected chi connectivity index (χ3v) is 9.70. The maximum Gasteiger partial charge on any atom is 0.410 e. The van der Waals surface area contributed by atoms with E-state index in [4.69, 9.17) is 9.47 Å². The third kappa shape index (κ3) is 7.60. The van der Waals surface area contributed by atoms with Crippen molar-refractivity contribution in [1.29, 1.82) is 0 Å². The molecule has 0 aromatic heterocycles. The highest BCUT2D eigenvalue weighted by molar-refractivity contribution is 5.98. The van der Waals surface area contributed by atoms with Gasteiger partial charge in [-0.25, -0.2) is 14.0 Å². The minimum atomic E-state index is -1.13. The van der Waals surface area contributed by atoms with Gasteiger partial charge in [-0.15, -0.1) is 0 Å². The van der Waals surface area contributed by atoms with Crippen LogP contribution in [-0.2, 0) is 36.9 Å². The summed E-state index contributed by atoms with van der Waals surface area (Å²) in [5, 5.41) is 8.75. The van der Waals surface area contributed by atoms with Gasteiger partial charge in [0, 0.05) is 30.5 Å². The van der Waals surface area contributed by atoms with Crippen LogP contribution in [0.5, 0.6) is 0 Å². The van der Waals surface area contributed by atoms with Gasteiger partial charge < -0.3 is 30.3 Å². The Hall–Kier alpha value is -4.16. The fraction of sp³-hybridized carbons (Fsp3) is 0.629. The largest absolute Gasteiger partial charge is 0.444 e. The lowest BCUT2D eigenvalue weighted by molar-refractivity contribution is -0.141. The van der Waals surface area contributed by atoms with Crippen LogP contribution in [0.25, 0.3) is 0 Å². The molecule has 5 amide bonds. The van der Waals surface area contributed by atoms with E-state index >= 15 is 0 Å². The van der Waals surface area contributed by atoms with Gasteiger partial charge in [-0.1, -0.05) is 37.1 Å². The number of allylic oxidation sites excluding steroid dienone is 1. The first-order valence-electron chi connectivity index (χ1n) is 17.1. The number of carbonyl (C=O) groups excluding carboxylic acids is 5. The summed E-state index contributed by atoms with van der Waals surface area (Å²) in [7, 11) is 0. The molecule has 5 atom stereocenters. The van der Waals surface area contributed by atoms with Gasteiger partial charge in [-0.2, -0.15) is 0 Å². The zero-order valence-corrected chi connectivity index (χ0v) is 27.9. The van der Waals surface area contributed by atoms with E-state index in [0.717, 1.165) is 32.1 Å². The molecule has 0 spiro atoms. The number of ether oxygens (including phenoxy) is 2. The zero-order valence-electron chi connectivity index (χ0n) is 27.9. The summed E-state index contributed by atoms with van der Waals surface area (Å²) >= 11 is 0. The van der Waals surface area contributed by atoms with Gasteiger partial charge in [0.15, 0.2) is 0 Å². The summed E-state index contributed by atoms with van der Waals surface area (Å²) in [5.41, 5.74) is -0.788. The maximum atomic E-state index is 14.4. The summed E-state index contributed by atoms with van der Waals surface area (Å²) < 4.78 is 25.7. The normalized spacial score (nSPS) is 29.0. The number of carbonyl (C=O) groups is 5. The van der Waals surface area contributed by atoms with Crippen molar-refractivity contribution in [2.24, 2.45) is 5.92 Å². The molecular formula is C35H46FN5O7. The quantitative estimate of drug-likeness (QED) is 0.414. The number of halogens is 1. The number of hydrogen-bond acceptors (Lipinski definition) is 7. The van der Waals surface area contributed by atoms with Crippen molar-refractivity contribution >= 4 is 29.9 Å². The van der Waals surface area contributed by atoms with Crippen LogP contribution < -0.4 is 16.0 Å². The summed E-state index contributed by atoms with van der Waals surface area (Å²) in [6.45, 7) is 5.33. The number of nitrogens with one attached hydrogen (secondary N) is 3. The standard InChI is InChI=1S/C35H46FN5O7/c1-34(2,3)48-32(45)38-27-13-8-6-4-5-7-11-22-17-35(22,31(44)37-23-14-15-23)39-29(42)28-16-24(19-41(28)30(27)43)47-33(46)40-18-21-10-9-12-26(36)25(21)20-40/h7,9-12,22-24,27-28H,4-6,8,13-20H2,1-3H3,(H,37,44)(H,38,45)(H,39,42)/t22-,24-,27+,28+,35-/m1/s1. The molecule has 1 saturated heterocycles. The SMILES string of the molecule is CC(C)(C)OC(=O)N[C@H]1CCCCCC=C[C@@H]2C[C@@]2(C(=O)NC2CC2)NC(=O)[C@@H]2C[C@@H](OC(=O)N3Cc4cccc(F)c4C3)CN2C1=O. The number of rotatable bonds is 4. The first-order chi connectivity index (χ1) is 22.8. The zero-order chi connectivity index (χ0) is 34.2. The molecule has 3 heterocycles. The Balaban J connectivity index is 1.23. The molecule has 3 N–H and O–H groups in total. The molecule has 12 nitrogen and oxygen atoms in total. The predicted octanol–water partition coefficient (Wildman–Crippen LogP) is 3.81. The van der Waals surface area contributed by atoms with Gasteiger partial charge in [0.25, 0.3) is 0 Å². The van der Waals surface area contributed by atoms with E-state index < -0.39 is 59.1 Å². The average Bonchev–Trinajstić information content (AvgIpc) is 3.86. The van der Waals surface area contributed by atoms with E-state index in [1.807, 2.05) is 12.2 Å². The van der Waals surface area contributed by atoms with Gasteiger partial charge in [0.1, 0.15) is 35.1 Å². The van der Waals surface area contributed by atoms with Crippen LogP contribution in [-0.4, -0.2) is 81.6 Å². The first-order valence-corrected chi connectivity index (χ1v) is 17.1. The lowest BCUT2D eigenvalue weighted by Gasteiger charge is -2.30. The van der Waals surface area contributed by atoms with Gasteiger partial charge in [-0.3, -0.25) is 19.3 Å². The monoisotopic (exact) mass is 667 g/mol. The van der Waals surface area contributed by atoms with Gasteiger partial charge >= 0.3 is 12.2 Å². The van der Waals surface area contributed by atoms with E-state index in [-0.39, 0.29) is 43.9 Å². The van der Waals surface area contributed by atoms with E-state index in [2.05, 4.69) is 16.0 Å².